The van der Waals surface area contributed by atoms with Gasteiger partial charge in [0.15, 0.2) is 5.13 Å². The number of likely N-dealkylation sites (N-methyl/N-ethyl adjacent to an activating group) is 1. The molecule has 0 spiro atoms. The molecule has 0 saturated heterocycles. The number of anilines is 1. The van der Waals surface area contributed by atoms with Gasteiger partial charge in [-0.05, 0) is 53.3 Å². The molecule has 0 radical (unpaired) electrons. The van der Waals surface area contributed by atoms with Crippen LogP contribution < -0.4 is 14.4 Å². The number of hydrogen-bond donors (Lipinski definition) is 0. The molecule has 3 rings (SSSR count). The van der Waals surface area contributed by atoms with Crippen LogP contribution in [0.25, 0.3) is 10.2 Å². The highest BCUT2D eigenvalue weighted by Crippen LogP contribution is 2.40. The lowest BCUT2D eigenvalue weighted by atomic mass is 10.3. The van der Waals surface area contributed by atoms with Crippen LogP contribution in [0.15, 0.2) is 28.1 Å². The van der Waals surface area contributed by atoms with Crippen molar-refractivity contribution in [1.29, 1.82) is 0 Å². The molecule has 2 aromatic heterocycles. The van der Waals surface area contributed by atoms with Crippen molar-refractivity contribution in [3.05, 3.63) is 32.9 Å². The molecule has 0 unspecified atom stereocenters. The Labute approximate surface area is 187 Å². The van der Waals surface area contributed by atoms with E-state index in [2.05, 4.69) is 34.7 Å². The number of benzene rings is 1. The van der Waals surface area contributed by atoms with Crippen molar-refractivity contribution < 1.29 is 14.3 Å². The minimum Gasteiger partial charge on any atom is -0.495 e. The van der Waals surface area contributed by atoms with E-state index < -0.39 is 0 Å². The molecule has 9 heteroatoms. The summed E-state index contributed by atoms with van der Waals surface area (Å²) < 4.78 is 12.8. The van der Waals surface area contributed by atoms with Crippen molar-refractivity contribution in [2.45, 2.75) is 13.8 Å². The quantitative estimate of drug-likeness (QED) is 0.410. The Morgan fingerprint density at radius 1 is 1.03 bits per heavy atom. The first-order valence-corrected chi connectivity index (χ1v) is 11.8. The number of amides is 1. The summed E-state index contributed by atoms with van der Waals surface area (Å²) in [6, 6.07) is 7.44. The van der Waals surface area contributed by atoms with Crippen LogP contribution in [0.2, 0.25) is 0 Å². The number of thiazole rings is 1. The molecule has 1 aromatic carbocycles. The average Bonchev–Trinajstić information content (AvgIpc) is 3.36. The lowest BCUT2D eigenvalue weighted by molar-refractivity contribution is 0.0987. The fourth-order valence-corrected chi connectivity index (χ4v) is 5.45. The predicted molar refractivity (Wildman–Crippen MR) is 124 cm³/mol. The van der Waals surface area contributed by atoms with Crippen molar-refractivity contribution in [1.82, 2.24) is 9.88 Å². The molecular weight excluding hydrogens is 474 g/mol. The highest BCUT2D eigenvalue weighted by Gasteiger charge is 2.25. The number of hydrogen-bond acceptors (Lipinski definition) is 7. The van der Waals surface area contributed by atoms with Crippen LogP contribution >= 0.6 is 38.6 Å². The van der Waals surface area contributed by atoms with Crippen molar-refractivity contribution in [3.63, 3.8) is 0 Å². The second-order valence-electron chi connectivity index (χ2n) is 6.23. The first-order valence-electron chi connectivity index (χ1n) is 9.33. The monoisotopic (exact) mass is 497 g/mol. The maximum atomic E-state index is 13.3. The zero-order valence-electron chi connectivity index (χ0n) is 16.9. The molecule has 0 aliphatic heterocycles. The summed E-state index contributed by atoms with van der Waals surface area (Å²) in [5.41, 5.74) is 0.708. The van der Waals surface area contributed by atoms with Gasteiger partial charge in [-0.25, -0.2) is 4.98 Å². The number of halogens is 1. The number of ether oxygens (including phenoxy) is 2. The van der Waals surface area contributed by atoms with Gasteiger partial charge in [0.1, 0.15) is 21.7 Å². The Hall–Kier alpha value is -1.68. The number of aromatic nitrogens is 1. The van der Waals surface area contributed by atoms with Crippen molar-refractivity contribution in [2.75, 3.05) is 45.3 Å². The Balaban J connectivity index is 2.03. The molecule has 0 bridgehead atoms. The maximum Gasteiger partial charge on any atom is 0.270 e. The van der Waals surface area contributed by atoms with Gasteiger partial charge in [-0.15, -0.1) is 11.3 Å². The third-order valence-electron chi connectivity index (χ3n) is 4.69. The second kappa shape index (κ2) is 9.88. The number of fused-ring (bicyclic) bond motifs is 1. The third kappa shape index (κ3) is 4.74. The van der Waals surface area contributed by atoms with E-state index in [1.807, 2.05) is 24.3 Å². The molecule has 0 saturated carbocycles. The van der Waals surface area contributed by atoms with Crippen LogP contribution in [0, 0.1) is 0 Å². The molecule has 0 N–H and O–H groups in total. The first kappa shape index (κ1) is 22.0. The van der Waals surface area contributed by atoms with E-state index in [0.29, 0.717) is 27.8 Å². The molecule has 6 nitrogen and oxygen atoms in total. The number of carbonyl (C=O) groups is 1. The van der Waals surface area contributed by atoms with E-state index in [1.54, 1.807) is 19.1 Å². The van der Waals surface area contributed by atoms with Gasteiger partial charge in [0.05, 0.1) is 22.9 Å². The van der Waals surface area contributed by atoms with E-state index in [9.17, 15) is 4.79 Å². The van der Waals surface area contributed by atoms with Crippen LogP contribution in [0.3, 0.4) is 0 Å². The van der Waals surface area contributed by atoms with Crippen LogP contribution in [0.4, 0.5) is 5.13 Å². The summed E-state index contributed by atoms with van der Waals surface area (Å²) in [6.45, 7) is 7.45. The molecule has 0 aliphatic rings. The maximum absolute atomic E-state index is 13.3. The minimum atomic E-state index is -0.0511. The SMILES string of the molecule is CCN(CC)CCN(C(=O)c1ccc(Br)s1)c1nc2c(OC)ccc(OC)c2s1. The van der Waals surface area contributed by atoms with Gasteiger partial charge in [0, 0.05) is 13.1 Å². The summed E-state index contributed by atoms with van der Waals surface area (Å²) in [4.78, 5) is 22.8. The normalized spacial score (nSPS) is 11.2. The standard InChI is InChI=1S/C20H24BrN3O3S2/c1-5-23(6-2)11-12-24(19(25)15-9-10-16(21)28-15)20-22-17-13(26-3)7-8-14(27-4)18(17)29-20/h7-10H,5-6,11-12H2,1-4H3. The molecule has 0 atom stereocenters. The molecule has 2 heterocycles. The zero-order valence-corrected chi connectivity index (χ0v) is 20.1. The summed E-state index contributed by atoms with van der Waals surface area (Å²) >= 11 is 6.32. The van der Waals surface area contributed by atoms with Crippen molar-refractivity contribution in [3.8, 4) is 11.5 Å². The average molecular weight is 498 g/mol. The number of carbonyl (C=O) groups excluding carboxylic acids is 1. The van der Waals surface area contributed by atoms with Crippen LogP contribution in [-0.2, 0) is 0 Å². The molecule has 0 aliphatic carbocycles. The molecule has 29 heavy (non-hydrogen) atoms. The highest BCUT2D eigenvalue weighted by molar-refractivity contribution is 9.11. The topological polar surface area (TPSA) is 54.9 Å². The summed E-state index contributed by atoms with van der Waals surface area (Å²) in [5, 5.41) is 0.643. The van der Waals surface area contributed by atoms with Crippen LogP contribution in [-0.4, -0.2) is 56.2 Å². The van der Waals surface area contributed by atoms with Crippen molar-refractivity contribution in [2.24, 2.45) is 0 Å². The smallest absolute Gasteiger partial charge is 0.270 e. The lowest BCUT2D eigenvalue weighted by Gasteiger charge is -2.24. The molecule has 156 valence electrons. The van der Waals surface area contributed by atoms with Gasteiger partial charge in [-0.3, -0.25) is 9.69 Å². The minimum absolute atomic E-state index is 0.0511. The van der Waals surface area contributed by atoms with E-state index in [4.69, 9.17) is 14.5 Å². The number of nitrogens with zero attached hydrogens (tertiary/aromatic N) is 3. The Bertz CT molecular complexity index is 944. The third-order valence-corrected chi connectivity index (χ3v) is 7.40. The lowest BCUT2D eigenvalue weighted by Crippen LogP contribution is -2.38. The van der Waals surface area contributed by atoms with E-state index in [0.717, 1.165) is 33.9 Å². The fraction of sp³-hybridized carbons (Fsp3) is 0.400. The highest BCUT2D eigenvalue weighted by atomic mass is 79.9. The number of thiophene rings is 1. The van der Waals surface area contributed by atoms with E-state index in [-0.39, 0.29) is 5.91 Å². The fourth-order valence-electron chi connectivity index (χ4n) is 3.02. The molecule has 3 aromatic rings. The van der Waals surface area contributed by atoms with Gasteiger partial charge in [0.2, 0.25) is 0 Å². The molecular formula is C20H24BrN3O3S2. The number of rotatable bonds is 9. The molecule has 0 fully saturated rings. The zero-order chi connectivity index (χ0) is 21.0. The number of methoxy groups -OCH3 is 2. The van der Waals surface area contributed by atoms with Crippen LogP contribution in [0.5, 0.6) is 11.5 Å². The Kier molecular flexibility index (Phi) is 7.50. The van der Waals surface area contributed by atoms with Gasteiger partial charge < -0.3 is 14.4 Å². The largest absolute Gasteiger partial charge is 0.495 e. The molecule has 1 amide bonds. The summed E-state index contributed by atoms with van der Waals surface area (Å²) in [5.74, 6) is 1.34. The van der Waals surface area contributed by atoms with E-state index >= 15 is 0 Å². The van der Waals surface area contributed by atoms with Gasteiger partial charge in [0.25, 0.3) is 5.91 Å². The van der Waals surface area contributed by atoms with Gasteiger partial charge in [-0.2, -0.15) is 0 Å². The van der Waals surface area contributed by atoms with Gasteiger partial charge >= 0.3 is 0 Å². The van der Waals surface area contributed by atoms with Crippen molar-refractivity contribution >= 4 is 59.9 Å². The van der Waals surface area contributed by atoms with Crippen LogP contribution in [0.1, 0.15) is 23.5 Å². The Morgan fingerprint density at radius 2 is 1.72 bits per heavy atom. The predicted octanol–water partition coefficient (Wildman–Crippen LogP) is 5.13. The summed E-state index contributed by atoms with van der Waals surface area (Å²) in [7, 11) is 3.25. The summed E-state index contributed by atoms with van der Waals surface area (Å²) in [6.07, 6.45) is 0. The first-order chi connectivity index (χ1) is 14.0. The van der Waals surface area contributed by atoms with Gasteiger partial charge in [-0.1, -0.05) is 25.2 Å². The Morgan fingerprint density at radius 3 is 2.31 bits per heavy atom. The van der Waals surface area contributed by atoms with E-state index in [1.165, 1.54) is 22.7 Å². The second-order valence-corrected chi connectivity index (χ2v) is 9.67.